The molecule has 0 saturated carbocycles. The summed E-state index contributed by atoms with van der Waals surface area (Å²) in [5.74, 6) is 0.643. The minimum absolute atomic E-state index is 0.213. The quantitative estimate of drug-likeness (QED) is 0.517. The van der Waals surface area contributed by atoms with E-state index in [1.54, 1.807) is 37.4 Å². The van der Waals surface area contributed by atoms with Crippen molar-refractivity contribution >= 4 is 16.9 Å². The van der Waals surface area contributed by atoms with Crippen molar-refractivity contribution in [1.29, 1.82) is 0 Å². The van der Waals surface area contributed by atoms with E-state index in [9.17, 15) is 9.59 Å². The third-order valence-corrected chi connectivity index (χ3v) is 4.10. The van der Waals surface area contributed by atoms with Crippen LogP contribution in [-0.2, 0) is 9.53 Å². The normalized spacial score (nSPS) is 10.6. The van der Waals surface area contributed by atoms with Crippen molar-refractivity contribution < 1.29 is 23.4 Å². The highest BCUT2D eigenvalue weighted by molar-refractivity contribution is 5.87. The largest absolute Gasteiger partial charge is 0.497 e. The number of fused-ring (bicyclic) bond motifs is 1. The lowest BCUT2D eigenvalue weighted by Gasteiger charge is -2.10. The molecule has 1 aromatic heterocycles. The van der Waals surface area contributed by atoms with Gasteiger partial charge in [0.2, 0.25) is 0 Å². The van der Waals surface area contributed by atoms with Crippen LogP contribution in [0.1, 0.15) is 5.56 Å². The molecular weight excluding hydrogens is 336 g/mol. The third kappa shape index (κ3) is 3.39. The van der Waals surface area contributed by atoms with Crippen LogP contribution in [0.4, 0.5) is 0 Å². The van der Waals surface area contributed by atoms with Gasteiger partial charge in [-0.15, -0.1) is 0 Å². The molecule has 0 aliphatic heterocycles. The van der Waals surface area contributed by atoms with Crippen LogP contribution in [-0.4, -0.2) is 26.8 Å². The van der Waals surface area contributed by atoms with E-state index in [4.69, 9.17) is 13.9 Å². The molecule has 0 saturated heterocycles. The van der Waals surface area contributed by atoms with Crippen molar-refractivity contribution in [1.82, 2.24) is 0 Å². The summed E-state index contributed by atoms with van der Waals surface area (Å²) < 4.78 is 20.5. The first-order chi connectivity index (χ1) is 12.5. The molecule has 0 N–H and O–H groups in total. The Kier molecular flexibility index (Phi) is 4.93. The molecule has 0 radical (unpaired) electrons. The summed E-state index contributed by atoms with van der Waals surface area (Å²) >= 11 is 0. The molecule has 0 atom stereocenters. The summed E-state index contributed by atoms with van der Waals surface area (Å²) in [4.78, 5) is 23.7. The van der Waals surface area contributed by atoms with Crippen LogP contribution < -0.4 is 15.1 Å². The van der Waals surface area contributed by atoms with Gasteiger partial charge >= 0.3 is 11.6 Å². The number of hydrogen-bond donors (Lipinski definition) is 0. The van der Waals surface area contributed by atoms with Gasteiger partial charge in [0.15, 0.2) is 6.61 Å². The molecule has 3 aromatic rings. The monoisotopic (exact) mass is 354 g/mol. The molecule has 0 bridgehead atoms. The van der Waals surface area contributed by atoms with Crippen LogP contribution >= 0.6 is 0 Å². The summed E-state index contributed by atoms with van der Waals surface area (Å²) in [6.07, 6.45) is 0. The Morgan fingerprint density at radius 2 is 1.73 bits per heavy atom. The smallest absolute Gasteiger partial charge is 0.344 e. The van der Waals surface area contributed by atoms with Gasteiger partial charge in [-0.3, -0.25) is 0 Å². The van der Waals surface area contributed by atoms with Crippen LogP contribution in [0.2, 0.25) is 0 Å². The Balaban J connectivity index is 2.02. The van der Waals surface area contributed by atoms with Gasteiger partial charge in [0.05, 0.1) is 19.8 Å². The Morgan fingerprint density at radius 3 is 2.38 bits per heavy atom. The Morgan fingerprint density at radius 1 is 1.04 bits per heavy atom. The van der Waals surface area contributed by atoms with E-state index >= 15 is 0 Å². The van der Waals surface area contributed by atoms with Crippen molar-refractivity contribution in [3.8, 4) is 22.6 Å². The van der Waals surface area contributed by atoms with Crippen LogP contribution in [0.3, 0.4) is 0 Å². The minimum Gasteiger partial charge on any atom is -0.497 e. The highest BCUT2D eigenvalue weighted by atomic mass is 16.6. The van der Waals surface area contributed by atoms with Gasteiger partial charge in [0.1, 0.15) is 17.1 Å². The predicted octanol–water partition coefficient (Wildman–Crippen LogP) is 3.33. The van der Waals surface area contributed by atoms with Gasteiger partial charge in [0, 0.05) is 11.5 Å². The van der Waals surface area contributed by atoms with E-state index in [2.05, 4.69) is 4.74 Å². The summed E-state index contributed by atoms with van der Waals surface area (Å²) in [6, 6.07) is 12.3. The zero-order valence-electron chi connectivity index (χ0n) is 14.7. The lowest BCUT2D eigenvalue weighted by atomic mass is 9.99. The number of benzene rings is 2. The van der Waals surface area contributed by atoms with Crippen LogP contribution in [0, 0.1) is 6.92 Å². The van der Waals surface area contributed by atoms with Gasteiger partial charge in [-0.05, 0) is 42.3 Å². The number of methoxy groups -OCH3 is 2. The number of carbonyl (C=O) groups is 1. The second kappa shape index (κ2) is 7.31. The van der Waals surface area contributed by atoms with Crippen molar-refractivity contribution in [2.75, 3.05) is 20.8 Å². The lowest BCUT2D eigenvalue weighted by molar-refractivity contribution is -0.142. The molecule has 0 unspecified atom stereocenters. The minimum atomic E-state index is -0.488. The first kappa shape index (κ1) is 17.5. The highest BCUT2D eigenvalue weighted by Gasteiger charge is 2.14. The van der Waals surface area contributed by atoms with E-state index in [0.717, 1.165) is 16.5 Å². The molecule has 0 aliphatic rings. The van der Waals surface area contributed by atoms with Crippen molar-refractivity contribution in [3.63, 3.8) is 0 Å². The van der Waals surface area contributed by atoms with Gasteiger partial charge in [-0.1, -0.05) is 12.1 Å². The Hall–Kier alpha value is -3.28. The molecular formula is C20H18O6. The van der Waals surface area contributed by atoms with Crippen LogP contribution in [0.15, 0.2) is 51.7 Å². The molecule has 2 aromatic carbocycles. The molecule has 0 aliphatic carbocycles. The van der Waals surface area contributed by atoms with E-state index in [1.807, 2.05) is 19.1 Å². The van der Waals surface area contributed by atoms with E-state index in [1.165, 1.54) is 7.11 Å². The second-order valence-electron chi connectivity index (χ2n) is 5.64. The topological polar surface area (TPSA) is 75.0 Å². The zero-order valence-corrected chi connectivity index (χ0v) is 14.7. The molecule has 134 valence electrons. The highest BCUT2D eigenvalue weighted by Crippen LogP contribution is 2.29. The maximum absolute atomic E-state index is 12.5. The molecule has 1 heterocycles. The lowest BCUT2D eigenvalue weighted by Crippen LogP contribution is -2.12. The van der Waals surface area contributed by atoms with Gasteiger partial charge in [-0.25, -0.2) is 9.59 Å². The fraction of sp³-hybridized carbons (Fsp3) is 0.200. The number of hydrogen-bond acceptors (Lipinski definition) is 6. The first-order valence-electron chi connectivity index (χ1n) is 7.95. The number of carbonyl (C=O) groups excluding carboxylic acids is 1. The maximum Gasteiger partial charge on any atom is 0.344 e. The fourth-order valence-electron chi connectivity index (χ4n) is 2.72. The standard InChI is InChI=1S/C20H18O6/c1-12-16-9-8-15(25-11-18(21)24-3)10-17(16)26-20(22)19(12)13-4-6-14(23-2)7-5-13/h4-10H,11H2,1-3H3. The van der Waals surface area contributed by atoms with Gasteiger partial charge in [-0.2, -0.15) is 0 Å². The summed E-state index contributed by atoms with van der Waals surface area (Å²) in [5, 5.41) is 0.792. The molecule has 6 heteroatoms. The number of ether oxygens (including phenoxy) is 3. The van der Waals surface area contributed by atoms with Crippen LogP contribution in [0.25, 0.3) is 22.1 Å². The maximum atomic E-state index is 12.5. The number of aryl methyl sites for hydroxylation is 1. The van der Waals surface area contributed by atoms with Gasteiger partial charge in [0.25, 0.3) is 0 Å². The van der Waals surface area contributed by atoms with E-state index < -0.39 is 11.6 Å². The number of esters is 1. The van der Waals surface area contributed by atoms with Crippen molar-refractivity contribution in [2.45, 2.75) is 6.92 Å². The van der Waals surface area contributed by atoms with E-state index in [-0.39, 0.29) is 6.61 Å². The number of rotatable bonds is 5. The molecule has 0 spiro atoms. The molecule has 0 fully saturated rings. The van der Waals surface area contributed by atoms with Crippen molar-refractivity contribution in [2.24, 2.45) is 0 Å². The average molecular weight is 354 g/mol. The molecule has 3 rings (SSSR count). The first-order valence-corrected chi connectivity index (χ1v) is 7.95. The molecule has 0 amide bonds. The average Bonchev–Trinajstić information content (AvgIpc) is 2.66. The second-order valence-corrected chi connectivity index (χ2v) is 5.64. The third-order valence-electron chi connectivity index (χ3n) is 4.10. The molecule has 26 heavy (non-hydrogen) atoms. The molecule has 6 nitrogen and oxygen atoms in total. The fourth-order valence-corrected chi connectivity index (χ4v) is 2.72. The summed E-state index contributed by atoms with van der Waals surface area (Å²) in [7, 11) is 2.87. The Labute approximate surface area is 149 Å². The summed E-state index contributed by atoms with van der Waals surface area (Å²) in [5.41, 5.74) is 2.02. The summed E-state index contributed by atoms with van der Waals surface area (Å²) in [6.45, 7) is 1.66. The van der Waals surface area contributed by atoms with Gasteiger partial charge < -0.3 is 18.6 Å². The Bertz CT molecular complexity index is 1000. The SMILES string of the molecule is COC(=O)COc1ccc2c(C)c(-c3ccc(OC)cc3)c(=O)oc2c1. The predicted molar refractivity (Wildman–Crippen MR) is 96.7 cm³/mol. The van der Waals surface area contributed by atoms with Crippen LogP contribution in [0.5, 0.6) is 11.5 Å². The van der Waals surface area contributed by atoms with E-state index in [0.29, 0.717) is 22.6 Å². The van der Waals surface area contributed by atoms with Crippen molar-refractivity contribution in [3.05, 3.63) is 58.4 Å². The zero-order chi connectivity index (χ0) is 18.7.